The zero-order valence-corrected chi connectivity index (χ0v) is 17.2. The summed E-state index contributed by atoms with van der Waals surface area (Å²) >= 11 is 0. The number of nitrogens with zero attached hydrogens (tertiary/aromatic N) is 4. The van der Waals surface area contributed by atoms with Crippen molar-refractivity contribution in [3.8, 4) is 11.5 Å². The number of nitrogens with one attached hydrogen (secondary N) is 1. The van der Waals surface area contributed by atoms with Crippen molar-refractivity contribution in [2.24, 2.45) is 0 Å². The van der Waals surface area contributed by atoms with Gasteiger partial charge in [0, 0.05) is 12.1 Å². The fraction of sp³-hybridized carbons (Fsp3) is 0.318. The fourth-order valence-electron chi connectivity index (χ4n) is 3.61. The Labute approximate surface area is 179 Å². The lowest BCUT2D eigenvalue weighted by molar-refractivity contribution is -0.117. The molecule has 0 saturated carbocycles. The van der Waals surface area contributed by atoms with Gasteiger partial charge in [-0.2, -0.15) is 4.98 Å². The highest BCUT2D eigenvalue weighted by molar-refractivity contribution is 6.01. The van der Waals surface area contributed by atoms with E-state index in [9.17, 15) is 9.59 Å². The number of para-hydroxylation sites is 1. The molecule has 31 heavy (non-hydrogen) atoms. The van der Waals surface area contributed by atoms with E-state index in [2.05, 4.69) is 25.3 Å². The Bertz CT molecular complexity index is 1040. The molecule has 0 spiro atoms. The molecule has 3 aromatic rings. The zero-order chi connectivity index (χ0) is 21.6. The molecule has 1 N–H and O–H groups in total. The highest BCUT2D eigenvalue weighted by atomic mass is 16.5. The third-order valence-electron chi connectivity index (χ3n) is 5.25. The molecule has 0 bridgehead atoms. The highest BCUT2D eigenvalue weighted by Gasteiger charge is 2.26. The van der Waals surface area contributed by atoms with Crippen molar-refractivity contribution in [3.63, 3.8) is 0 Å². The minimum Gasteiger partial charge on any atom is -0.465 e. The third-order valence-corrected chi connectivity index (χ3v) is 5.25. The summed E-state index contributed by atoms with van der Waals surface area (Å²) in [5.74, 6) is 0.592. The summed E-state index contributed by atoms with van der Waals surface area (Å²) in [6.45, 7) is 1.71. The highest BCUT2D eigenvalue weighted by Crippen LogP contribution is 2.28. The predicted molar refractivity (Wildman–Crippen MR) is 112 cm³/mol. The number of pyridine rings is 1. The van der Waals surface area contributed by atoms with Gasteiger partial charge >= 0.3 is 5.97 Å². The van der Waals surface area contributed by atoms with Crippen LogP contribution in [0.15, 0.2) is 53.2 Å². The summed E-state index contributed by atoms with van der Waals surface area (Å²) in [5, 5.41) is 6.85. The number of hydrogen-bond acceptors (Lipinski definition) is 8. The van der Waals surface area contributed by atoms with Crippen molar-refractivity contribution in [1.82, 2.24) is 20.0 Å². The molecule has 0 unspecified atom stereocenters. The normalized spacial score (nSPS) is 14.9. The van der Waals surface area contributed by atoms with Crippen molar-refractivity contribution in [2.75, 3.05) is 32.1 Å². The average molecular weight is 421 g/mol. The summed E-state index contributed by atoms with van der Waals surface area (Å²) in [4.78, 5) is 35.2. The second-order valence-electron chi connectivity index (χ2n) is 7.31. The molecule has 1 fully saturated rings. The van der Waals surface area contributed by atoms with E-state index in [0.29, 0.717) is 28.7 Å². The molecule has 0 atom stereocenters. The van der Waals surface area contributed by atoms with E-state index < -0.39 is 5.97 Å². The van der Waals surface area contributed by atoms with Crippen molar-refractivity contribution < 1.29 is 18.8 Å². The topological polar surface area (TPSA) is 110 Å². The van der Waals surface area contributed by atoms with Gasteiger partial charge in [-0.15, -0.1) is 0 Å². The molecule has 160 valence electrons. The second-order valence-corrected chi connectivity index (χ2v) is 7.31. The molecular formula is C22H23N5O4. The van der Waals surface area contributed by atoms with Crippen molar-refractivity contribution in [1.29, 1.82) is 0 Å². The average Bonchev–Trinajstić information content (AvgIpc) is 3.30. The molecule has 0 radical (unpaired) electrons. The van der Waals surface area contributed by atoms with Gasteiger partial charge < -0.3 is 14.6 Å². The first-order valence-electron chi connectivity index (χ1n) is 10.1. The van der Waals surface area contributed by atoms with Gasteiger partial charge in [-0.25, -0.2) is 4.79 Å². The number of amides is 1. The Hall–Kier alpha value is -3.59. The number of methoxy groups -OCH3 is 1. The fourth-order valence-corrected chi connectivity index (χ4v) is 3.61. The smallest absolute Gasteiger partial charge is 0.339 e. The van der Waals surface area contributed by atoms with Gasteiger partial charge in [0.15, 0.2) is 0 Å². The van der Waals surface area contributed by atoms with E-state index in [1.54, 1.807) is 30.5 Å². The number of ether oxygens (including phenoxy) is 1. The largest absolute Gasteiger partial charge is 0.465 e. The van der Waals surface area contributed by atoms with Crippen LogP contribution >= 0.6 is 0 Å². The molecule has 1 aromatic carbocycles. The van der Waals surface area contributed by atoms with Crippen LogP contribution < -0.4 is 5.32 Å². The molecule has 0 aliphatic carbocycles. The quantitative estimate of drug-likeness (QED) is 0.605. The maximum absolute atomic E-state index is 12.5. The lowest BCUT2D eigenvalue weighted by Crippen LogP contribution is -2.39. The van der Waals surface area contributed by atoms with Crippen LogP contribution in [-0.2, 0) is 9.53 Å². The Morgan fingerprint density at radius 1 is 1.16 bits per heavy atom. The van der Waals surface area contributed by atoms with E-state index in [-0.39, 0.29) is 18.4 Å². The predicted octanol–water partition coefficient (Wildman–Crippen LogP) is 2.74. The van der Waals surface area contributed by atoms with Gasteiger partial charge in [0.1, 0.15) is 5.69 Å². The number of aromatic nitrogens is 3. The van der Waals surface area contributed by atoms with Crippen LogP contribution in [0.25, 0.3) is 11.5 Å². The second kappa shape index (κ2) is 9.48. The maximum Gasteiger partial charge on any atom is 0.339 e. The molecular weight excluding hydrogens is 398 g/mol. The van der Waals surface area contributed by atoms with Gasteiger partial charge in [-0.3, -0.25) is 14.7 Å². The third kappa shape index (κ3) is 4.95. The maximum atomic E-state index is 12.5. The Kier molecular flexibility index (Phi) is 6.32. The molecule has 1 saturated heterocycles. The first-order valence-corrected chi connectivity index (χ1v) is 10.1. The van der Waals surface area contributed by atoms with Crippen LogP contribution in [0.2, 0.25) is 0 Å². The van der Waals surface area contributed by atoms with Gasteiger partial charge in [-0.1, -0.05) is 23.4 Å². The monoisotopic (exact) mass is 421 g/mol. The molecule has 9 heteroatoms. The molecule has 1 aliphatic rings. The number of likely N-dealkylation sites (tertiary alicyclic amines) is 1. The van der Waals surface area contributed by atoms with E-state index in [1.807, 2.05) is 18.2 Å². The van der Waals surface area contributed by atoms with Gasteiger partial charge in [0.05, 0.1) is 24.9 Å². The minimum atomic E-state index is -0.485. The molecule has 1 amide bonds. The van der Waals surface area contributed by atoms with E-state index in [4.69, 9.17) is 9.26 Å². The van der Waals surface area contributed by atoms with Crippen molar-refractivity contribution in [3.05, 3.63) is 60.1 Å². The number of piperidine rings is 1. The number of anilines is 1. The Morgan fingerprint density at radius 3 is 2.68 bits per heavy atom. The molecule has 1 aliphatic heterocycles. The van der Waals surface area contributed by atoms with Crippen LogP contribution in [-0.4, -0.2) is 58.6 Å². The number of esters is 1. The van der Waals surface area contributed by atoms with Crippen molar-refractivity contribution >= 4 is 17.6 Å². The van der Waals surface area contributed by atoms with Gasteiger partial charge in [0.2, 0.25) is 17.6 Å². The summed E-state index contributed by atoms with van der Waals surface area (Å²) < 4.78 is 10.2. The lowest BCUT2D eigenvalue weighted by Gasteiger charge is -2.29. The van der Waals surface area contributed by atoms with E-state index in [1.165, 1.54) is 7.11 Å². The number of carbonyl (C=O) groups excluding carboxylic acids is 2. The van der Waals surface area contributed by atoms with Gasteiger partial charge in [-0.05, 0) is 50.2 Å². The molecule has 3 heterocycles. The first kappa shape index (κ1) is 20.7. The number of rotatable bonds is 6. The number of hydrogen-bond donors (Lipinski definition) is 1. The molecule has 9 nitrogen and oxygen atoms in total. The van der Waals surface area contributed by atoms with Crippen LogP contribution in [0.1, 0.15) is 35.0 Å². The van der Waals surface area contributed by atoms with Gasteiger partial charge in [0.25, 0.3) is 0 Å². The van der Waals surface area contributed by atoms with Crippen LogP contribution in [0.5, 0.6) is 0 Å². The summed E-state index contributed by atoms with van der Waals surface area (Å²) in [6, 6.07) is 12.4. The lowest BCUT2D eigenvalue weighted by atomic mass is 9.97. The van der Waals surface area contributed by atoms with Crippen LogP contribution in [0, 0.1) is 0 Å². The van der Waals surface area contributed by atoms with Crippen molar-refractivity contribution in [2.45, 2.75) is 18.8 Å². The summed E-state index contributed by atoms with van der Waals surface area (Å²) in [7, 11) is 1.31. The van der Waals surface area contributed by atoms with E-state index in [0.717, 1.165) is 25.9 Å². The van der Waals surface area contributed by atoms with Crippen LogP contribution in [0.3, 0.4) is 0 Å². The summed E-state index contributed by atoms with van der Waals surface area (Å²) in [6.07, 6.45) is 3.32. The SMILES string of the molecule is COC(=O)c1ccccc1NC(=O)CN1CCC(c2nc(-c3ccccn3)no2)CC1. The Morgan fingerprint density at radius 2 is 1.94 bits per heavy atom. The minimum absolute atomic E-state index is 0.157. The Balaban J connectivity index is 1.30. The van der Waals surface area contributed by atoms with Crippen LogP contribution in [0.4, 0.5) is 5.69 Å². The first-order chi connectivity index (χ1) is 15.1. The number of carbonyl (C=O) groups is 2. The molecule has 4 rings (SSSR count). The standard InChI is InChI=1S/C22H23N5O4/c1-30-22(29)16-6-2-3-7-17(16)24-19(28)14-27-12-9-15(10-13-27)21-25-20(26-31-21)18-8-4-5-11-23-18/h2-8,11,15H,9-10,12-14H2,1H3,(H,24,28). The molecule has 2 aromatic heterocycles. The van der Waals surface area contributed by atoms with E-state index >= 15 is 0 Å². The summed E-state index contributed by atoms with van der Waals surface area (Å²) in [5.41, 5.74) is 1.46. The zero-order valence-electron chi connectivity index (χ0n) is 17.2. The number of benzene rings is 1.